The monoisotopic (exact) mass is 415 g/mol. The van der Waals surface area contributed by atoms with Crippen molar-refractivity contribution < 1.29 is 22.8 Å². The first-order valence-electron chi connectivity index (χ1n) is 9.02. The molecule has 0 aromatic heterocycles. The van der Waals surface area contributed by atoms with E-state index >= 15 is 0 Å². The van der Waals surface area contributed by atoms with Crippen molar-refractivity contribution >= 4 is 38.9 Å². The first-order chi connectivity index (χ1) is 13.7. The highest BCUT2D eigenvalue weighted by atomic mass is 32.2. The molecule has 0 radical (unpaired) electrons. The Balaban J connectivity index is 1.56. The summed E-state index contributed by atoms with van der Waals surface area (Å²) in [6.45, 7) is 1.45. The number of urea groups is 1. The third-order valence-electron chi connectivity index (χ3n) is 4.50. The Labute approximate surface area is 168 Å². The highest BCUT2D eigenvalue weighted by molar-refractivity contribution is 7.91. The molecule has 0 unspecified atom stereocenters. The van der Waals surface area contributed by atoms with Crippen molar-refractivity contribution in [2.45, 2.75) is 19.4 Å². The molecule has 9 heteroatoms. The maximum absolute atomic E-state index is 12.4. The molecular weight excluding hydrogens is 394 g/mol. The SMILES string of the molecule is CC(=O)c1cccc(NC(=O)c2ccc(NC(=O)N[C@@H]3CCS(=O)(=O)C3)cc2)c1. The van der Waals surface area contributed by atoms with Gasteiger partial charge < -0.3 is 16.0 Å². The Hall–Kier alpha value is -3.20. The summed E-state index contributed by atoms with van der Waals surface area (Å²) in [7, 11) is -3.07. The number of rotatable bonds is 5. The zero-order chi connectivity index (χ0) is 21.0. The van der Waals surface area contributed by atoms with Crippen LogP contribution in [0.4, 0.5) is 16.2 Å². The molecular formula is C20H21N3O5S. The number of anilines is 2. The van der Waals surface area contributed by atoms with E-state index in [0.717, 1.165) is 0 Å². The third-order valence-corrected chi connectivity index (χ3v) is 6.27. The number of carbonyl (C=O) groups is 3. The number of ketones is 1. The molecule has 0 saturated carbocycles. The Bertz CT molecular complexity index is 1050. The summed E-state index contributed by atoms with van der Waals surface area (Å²) in [5.41, 5.74) is 1.86. The van der Waals surface area contributed by atoms with Gasteiger partial charge in [-0.3, -0.25) is 9.59 Å². The molecule has 3 amide bonds. The molecule has 1 aliphatic heterocycles. The summed E-state index contributed by atoms with van der Waals surface area (Å²) in [6, 6.07) is 12.0. The summed E-state index contributed by atoms with van der Waals surface area (Å²) < 4.78 is 22.9. The molecule has 3 N–H and O–H groups in total. The average Bonchev–Trinajstić information content (AvgIpc) is 3.00. The van der Waals surface area contributed by atoms with Crippen LogP contribution >= 0.6 is 0 Å². The van der Waals surface area contributed by atoms with E-state index < -0.39 is 21.9 Å². The molecule has 1 saturated heterocycles. The number of carbonyl (C=O) groups excluding carboxylic acids is 3. The van der Waals surface area contributed by atoms with Gasteiger partial charge in [-0.15, -0.1) is 0 Å². The van der Waals surface area contributed by atoms with E-state index in [9.17, 15) is 22.8 Å². The standard InChI is InChI=1S/C20H21N3O5S/c1-13(24)15-3-2-4-17(11-15)21-19(25)14-5-7-16(8-6-14)22-20(26)23-18-9-10-29(27,28)12-18/h2-8,11,18H,9-10,12H2,1H3,(H,21,25)(H2,22,23,26)/t18-/m1/s1. The minimum Gasteiger partial charge on any atom is -0.334 e. The number of hydrogen-bond acceptors (Lipinski definition) is 5. The van der Waals surface area contributed by atoms with Crippen LogP contribution in [-0.4, -0.2) is 43.7 Å². The third kappa shape index (κ3) is 5.64. The van der Waals surface area contributed by atoms with E-state index in [-0.39, 0.29) is 23.2 Å². The topological polar surface area (TPSA) is 121 Å². The predicted molar refractivity (Wildman–Crippen MR) is 110 cm³/mol. The van der Waals surface area contributed by atoms with Gasteiger partial charge >= 0.3 is 6.03 Å². The molecule has 1 fully saturated rings. The number of benzene rings is 2. The smallest absolute Gasteiger partial charge is 0.319 e. The van der Waals surface area contributed by atoms with Crippen LogP contribution in [0.5, 0.6) is 0 Å². The van der Waals surface area contributed by atoms with Crippen LogP contribution in [-0.2, 0) is 9.84 Å². The van der Waals surface area contributed by atoms with Crippen LogP contribution < -0.4 is 16.0 Å². The molecule has 2 aromatic carbocycles. The second-order valence-electron chi connectivity index (χ2n) is 6.87. The van der Waals surface area contributed by atoms with E-state index in [1.807, 2.05) is 0 Å². The Morgan fingerprint density at radius 2 is 1.66 bits per heavy atom. The fourth-order valence-corrected chi connectivity index (χ4v) is 4.66. The normalized spacial score (nSPS) is 17.3. The number of Topliss-reactive ketones (excluding diaryl/α,β-unsaturated/α-hetero) is 1. The summed E-state index contributed by atoms with van der Waals surface area (Å²) >= 11 is 0. The molecule has 2 aromatic rings. The van der Waals surface area contributed by atoms with Gasteiger partial charge in [0.2, 0.25) is 0 Å². The maximum atomic E-state index is 12.4. The van der Waals surface area contributed by atoms with E-state index in [1.54, 1.807) is 48.5 Å². The molecule has 0 spiro atoms. The van der Waals surface area contributed by atoms with Crippen molar-refractivity contribution in [1.82, 2.24) is 5.32 Å². The second-order valence-corrected chi connectivity index (χ2v) is 9.10. The lowest BCUT2D eigenvalue weighted by atomic mass is 10.1. The first kappa shape index (κ1) is 20.5. The lowest BCUT2D eigenvalue weighted by molar-refractivity contribution is 0.101. The molecule has 3 rings (SSSR count). The molecule has 1 atom stereocenters. The predicted octanol–water partition coefficient (Wildman–Crippen LogP) is 2.45. The van der Waals surface area contributed by atoms with Gasteiger partial charge in [-0.05, 0) is 49.7 Å². The lowest BCUT2D eigenvalue weighted by Crippen LogP contribution is -2.38. The van der Waals surface area contributed by atoms with E-state index in [1.165, 1.54) is 6.92 Å². The van der Waals surface area contributed by atoms with E-state index in [0.29, 0.717) is 28.9 Å². The first-order valence-corrected chi connectivity index (χ1v) is 10.8. The van der Waals surface area contributed by atoms with Gasteiger partial charge in [-0.25, -0.2) is 13.2 Å². The molecule has 8 nitrogen and oxygen atoms in total. The van der Waals surface area contributed by atoms with Crippen LogP contribution in [0.15, 0.2) is 48.5 Å². The summed E-state index contributed by atoms with van der Waals surface area (Å²) in [6.07, 6.45) is 0.402. The molecule has 1 heterocycles. The minimum absolute atomic E-state index is 0.0512. The quantitative estimate of drug-likeness (QED) is 0.648. The molecule has 0 aliphatic carbocycles. The molecule has 152 valence electrons. The van der Waals surface area contributed by atoms with Gasteiger partial charge in [0.15, 0.2) is 15.6 Å². The van der Waals surface area contributed by atoms with Gasteiger partial charge in [0.25, 0.3) is 5.91 Å². The van der Waals surface area contributed by atoms with Gasteiger partial charge in [-0.1, -0.05) is 12.1 Å². The van der Waals surface area contributed by atoms with Crippen molar-refractivity contribution in [3.8, 4) is 0 Å². The summed E-state index contributed by atoms with van der Waals surface area (Å²) in [4.78, 5) is 35.8. The number of sulfone groups is 1. The zero-order valence-corrected chi connectivity index (χ0v) is 16.6. The van der Waals surface area contributed by atoms with Crippen molar-refractivity contribution in [1.29, 1.82) is 0 Å². The second kappa shape index (κ2) is 8.44. The zero-order valence-electron chi connectivity index (χ0n) is 15.8. The van der Waals surface area contributed by atoms with Gasteiger partial charge in [-0.2, -0.15) is 0 Å². The van der Waals surface area contributed by atoms with Crippen LogP contribution in [0.25, 0.3) is 0 Å². The van der Waals surface area contributed by atoms with Crippen LogP contribution in [0.3, 0.4) is 0 Å². The largest absolute Gasteiger partial charge is 0.334 e. The van der Waals surface area contributed by atoms with Crippen LogP contribution in [0.1, 0.15) is 34.1 Å². The minimum atomic E-state index is -3.07. The summed E-state index contributed by atoms with van der Waals surface area (Å²) in [5.74, 6) is -0.413. The highest BCUT2D eigenvalue weighted by Crippen LogP contribution is 2.15. The van der Waals surface area contributed by atoms with Crippen molar-refractivity contribution in [2.24, 2.45) is 0 Å². The van der Waals surface area contributed by atoms with Crippen LogP contribution in [0, 0.1) is 0 Å². The van der Waals surface area contributed by atoms with Gasteiger partial charge in [0.05, 0.1) is 11.5 Å². The Morgan fingerprint density at radius 3 is 2.28 bits per heavy atom. The van der Waals surface area contributed by atoms with Gasteiger partial charge in [0.1, 0.15) is 0 Å². The average molecular weight is 415 g/mol. The van der Waals surface area contributed by atoms with Crippen LogP contribution in [0.2, 0.25) is 0 Å². The van der Waals surface area contributed by atoms with E-state index in [4.69, 9.17) is 0 Å². The van der Waals surface area contributed by atoms with Crippen molar-refractivity contribution in [3.05, 3.63) is 59.7 Å². The number of amides is 3. The molecule has 0 bridgehead atoms. The number of hydrogen-bond donors (Lipinski definition) is 3. The lowest BCUT2D eigenvalue weighted by Gasteiger charge is -2.12. The number of nitrogens with one attached hydrogen (secondary N) is 3. The maximum Gasteiger partial charge on any atom is 0.319 e. The summed E-state index contributed by atoms with van der Waals surface area (Å²) in [5, 5.41) is 7.97. The van der Waals surface area contributed by atoms with Crippen molar-refractivity contribution in [2.75, 3.05) is 22.1 Å². The fourth-order valence-electron chi connectivity index (χ4n) is 2.99. The Kier molecular flexibility index (Phi) is 5.97. The Morgan fingerprint density at radius 1 is 0.931 bits per heavy atom. The van der Waals surface area contributed by atoms with Gasteiger partial charge in [0, 0.05) is 28.5 Å². The molecule has 29 heavy (non-hydrogen) atoms. The highest BCUT2D eigenvalue weighted by Gasteiger charge is 2.28. The molecule has 1 aliphatic rings. The van der Waals surface area contributed by atoms with Crippen molar-refractivity contribution in [3.63, 3.8) is 0 Å². The fraction of sp³-hybridized carbons (Fsp3) is 0.250. The van der Waals surface area contributed by atoms with E-state index in [2.05, 4.69) is 16.0 Å².